The molecule has 7 nitrogen and oxygen atoms in total. The van der Waals surface area contributed by atoms with Gasteiger partial charge >= 0.3 is 5.97 Å². The third kappa shape index (κ3) is 3.41. The molecule has 0 unspecified atom stereocenters. The number of amides is 1. The summed E-state index contributed by atoms with van der Waals surface area (Å²) in [6.07, 6.45) is 0. The fraction of sp³-hybridized carbons (Fsp3) is 0.250. The molecule has 1 aromatic carbocycles. The molecule has 0 aliphatic heterocycles. The molecule has 0 spiro atoms. The van der Waals surface area contributed by atoms with Crippen molar-refractivity contribution in [1.82, 2.24) is 10.3 Å². The molecule has 2 aromatic rings. The number of rotatable bonds is 6. The normalized spacial score (nSPS) is 12.1. The van der Waals surface area contributed by atoms with Gasteiger partial charge < -0.3 is 20.2 Å². The Balaban J connectivity index is 2.05. The number of hydrogen-bond donors (Lipinski definition) is 4. The SMILES string of the molecule is O=C(O)CNC(=O)[C@@H](CS)Nc1nc2ccccc2o1. The molecule has 8 heteroatoms. The molecule has 0 aliphatic rings. The standard InChI is InChI=1S/C12H13N3O4S/c16-10(17)5-13-11(18)8(6-20)15-12-14-7-3-1-2-4-9(7)19-12/h1-4,8,20H,5-6H2,(H,13,18)(H,14,15)(H,16,17)/t8-/m1/s1. The number of nitrogens with one attached hydrogen (secondary N) is 2. The summed E-state index contributed by atoms with van der Waals surface area (Å²) in [5.74, 6) is -1.42. The second-order valence-corrected chi connectivity index (χ2v) is 4.34. The monoisotopic (exact) mass is 295 g/mol. The van der Waals surface area contributed by atoms with E-state index in [1.807, 2.05) is 12.1 Å². The van der Waals surface area contributed by atoms with Gasteiger partial charge in [-0.15, -0.1) is 0 Å². The van der Waals surface area contributed by atoms with Crippen molar-refractivity contribution < 1.29 is 19.1 Å². The lowest BCUT2D eigenvalue weighted by Gasteiger charge is -2.13. The molecule has 2 rings (SSSR count). The summed E-state index contributed by atoms with van der Waals surface area (Å²) in [4.78, 5) is 26.3. The Bertz CT molecular complexity index is 595. The molecule has 1 aromatic heterocycles. The van der Waals surface area contributed by atoms with E-state index in [0.717, 1.165) is 0 Å². The summed E-state index contributed by atoms with van der Waals surface area (Å²) >= 11 is 4.05. The van der Waals surface area contributed by atoms with Crippen LogP contribution in [0.25, 0.3) is 11.1 Å². The van der Waals surface area contributed by atoms with Crippen LogP contribution >= 0.6 is 12.6 Å². The highest BCUT2D eigenvalue weighted by atomic mass is 32.1. The van der Waals surface area contributed by atoms with Crippen LogP contribution in [0.15, 0.2) is 28.7 Å². The van der Waals surface area contributed by atoms with E-state index in [1.165, 1.54) is 0 Å². The molecule has 1 atom stereocenters. The van der Waals surface area contributed by atoms with Crippen molar-refractivity contribution >= 4 is 41.6 Å². The van der Waals surface area contributed by atoms with Crippen molar-refractivity contribution in [2.24, 2.45) is 0 Å². The summed E-state index contributed by atoms with van der Waals surface area (Å²) in [6, 6.07) is 6.64. The van der Waals surface area contributed by atoms with Gasteiger partial charge in [-0.3, -0.25) is 9.59 Å². The van der Waals surface area contributed by atoms with Crippen molar-refractivity contribution in [2.75, 3.05) is 17.6 Å². The minimum atomic E-state index is -1.11. The van der Waals surface area contributed by atoms with Crippen molar-refractivity contribution in [1.29, 1.82) is 0 Å². The number of thiol groups is 1. The number of benzene rings is 1. The number of carboxylic acids is 1. The van der Waals surface area contributed by atoms with E-state index >= 15 is 0 Å². The number of fused-ring (bicyclic) bond motifs is 1. The highest BCUT2D eigenvalue weighted by Gasteiger charge is 2.19. The maximum absolute atomic E-state index is 11.7. The summed E-state index contributed by atoms with van der Waals surface area (Å²) in [6.45, 7) is -0.446. The second-order valence-electron chi connectivity index (χ2n) is 3.98. The summed E-state index contributed by atoms with van der Waals surface area (Å²) in [7, 11) is 0. The van der Waals surface area contributed by atoms with Crippen LogP contribution in [0.2, 0.25) is 0 Å². The second kappa shape index (κ2) is 6.29. The maximum Gasteiger partial charge on any atom is 0.322 e. The van der Waals surface area contributed by atoms with Gasteiger partial charge in [-0.05, 0) is 12.1 Å². The molecule has 0 saturated carbocycles. The molecular weight excluding hydrogens is 282 g/mol. The lowest BCUT2D eigenvalue weighted by molar-refractivity contribution is -0.137. The van der Waals surface area contributed by atoms with Gasteiger partial charge in [0.25, 0.3) is 6.01 Å². The highest BCUT2D eigenvalue weighted by molar-refractivity contribution is 7.80. The van der Waals surface area contributed by atoms with Crippen LogP contribution < -0.4 is 10.6 Å². The lowest BCUT2D eigenvalue weighted by atomic mass is 10.3. The minimum absolute atomic E-state index is 0.171. The average Bonchev–Trinajstić information content (AvgIpc) is 2.84. The molecule has 3 N–H and O–H groups in total. The van der Waals surface area contributed by atoms with E-state index in [4.69, 9.17) is 9.52 Å². The van der Waals surface area contributed by atoms with Crippen LogP contribution in [-0.2, 0) is 9.59 Å². The van der Waals surface area contributed by atoms with Crippen molar-refractivity contribution in [3.05, 3.63) is 24.3 Å². The minimum Gasteiger partial charge on any atom is -0.480 e. The fourth-order valence-corrected chi connectivity index (χ4v) is 1.82. The highest BCUT2D eigenvalue weighted by Crippen LogP contribution is 2.18. The van der Waals surface area contributed by atoms with Gasteiger partial charge in [0, 0.05) is 5.75 Å². The third-order valence-corrected chi connectivity index (χ3v) is 2.87. The predicted molar refractivity (Wildman–Crippen MR) is 75.9 cm³/mol. The fourth-order valence-electron chi connectivity index (χ4n) is 1.56. The van der Waals surface area contributed by atoms with E-state index in [2.05, 4.69) is 28.2 Å². The number of nitrogens with zero attached hydrogens (tertiary/aromatic N) is 1. The van der Waals surface area contributed by atoms with Gasteiger partial charge in [0.2, 0.25) is 5.91 Å². The molecule has 0 fully saturated rings. The Morgan fingerprint density at radius 3 is 2.80 bits per heavy atom. The van der Waals surface area contributed by atoms with Crippen LogP contribution in [0.1, 0.15) is 0 Å². The van der Waals surface area contributed by atoms with Gasteiger partial charge in [0.1, 0.15) is 18.1 Å². The Kier molecular flexibility index (Phi) is 4.46. The molecular formula is C12H13N3O4S. The zero-order chi connectivity index (χ0) is 14.5. The van der Waals surface area contributed by atoms with E-state index in [9.17, 15) is 9.59 Å². The maximum atomic E-state index is 11.7. The largest absolute Gasteiger partial charge is 0.480 e. The molecule has 1 amide bonds. The van der Waals surface area contributed by atoms with Crippen molar-refractivity contribution in [3.8, 4) is 0 Å². The molecule has 106 valence electrons. The van der Waals surface area contributed by atoms with Crippen LogP contribution in [0.4, 0.5) is 6.01 Å². The average molecular weight is 295 g/mol. The first-order valence-electron chi connectivity index (χ1n) is 5.82. The quantitative estimate of drug-likeness (QED) is 0.586. The number of carboxylic acid groups (broad SMARTS) is 1. The van der Waals surface area contributed by atoms with Crippen LogP contribution in [0.5, 0.6) is 0 Å². The number of aliphatic carboxylic acids is 1. The van der Waals surface area contributed by atoms with E-state index in [-0.39, 0.29) is 11.8 Å². The third-order valence-electron chi connectivity index (χ3n) is 2.50. The predicted octanol–water partition coefficient (Wildman–Crippen LogP) is 0.739. The topological polar surface area (TPSA) is 104 Å². The van der Waals surface area contributed by atoms with Crippen LogP contribution in [-0.4, -0.2) is 40.3 Å². The van der Waals surface area contributed by atoms with Crippen molar-refractivity contribution in [3.63, 3.8) is 0 Å². The van der Waals surface area contributed by atoms with Gasteiger partial charge in [-0.1, -0.05) is 12.1 Å². The number of aromatic nitrogens is 1. The Hall–Kier alpha value is -2.22. The number of carbonyl (C=O) groups excluding carboxylic acids is 1. The Morgan fingerprint density at radius 2 is 2.15 bits per heavy atom. The number of para-hydroxylation sites is 2. The summed E-state index contributed by atoms with van der Waals surface area (Å²) in [5, 5.41) is 13.6. The van der Waals surface area contributed by atoms with Crippen molar-refractivity contribution in [2.45, 2.75) is 6.04 Å². The molecule has 0 aliphatic carbocycles. The number of carbonyl (C=O) groups is 2. The first-order chi connectivity index (χ1) is 9.60. The first-order valence-corrected chi connectivity index (χ1v) is 6.46. The van der Waals surface area contributed by atoms with Crippen LogP contribution in [0.3, 0.4) is 0 Å². The number of oxazole rings is 1. The molecule has 0 bridgehead atoms. The van der Waals surface area contributed by atoms with Gasteiger partial charge in [0.15, 0.2) is 5.58 Å². The zero-order valence-corrected chi connectivity index (χ0v) is 11.3. The summed E-state index contributed by atoms with van der Waals surface area (Å²) < 4.78 is 5.42. The molecule has 1 heterocycles. The van der Waals surface area contributed by atoms with Gasteiger partial charge in [0.05, 0.1) is 0 Å². The van der Waals surface area contributed by atoms with Gasteiger partial charge in [-0.25, -0.2) is 0 Å². The van der Waals surface area contributed by atoms with E-state index in [0.29, 0.717) is 11.1 Å². The van der Waals surface area contributed by atoms with Gasteiger partial charge in [-0.2, -0.15) is 17.6 Å². The summed E-state index contributed by atoms with van der Waals surface area (Å²) in [5.41, 5.74) is 1.26. The molecule has 0 saturated heterocycles. The molecule has 0 radical (unpaired) electrons. The Labute approximate surface area is 119 Å². The van der Waals surface area contributed by atoms with E-state index in [1.54, 1.807) is 12.1 Å². The zero-order valence-electron chi connectivity index (χ0n) is 10.4. The Morgan fingerprint density at radius 1 is 1.40 bits per heavy atom. The number of hydrogen-bond acceptors (Lipinski definition) is 6. The smallest absolute Gasteiger partial charge is 0.322 e. The van der Waals surface area contributed by atoms with Crippen LogP contribution in [0, 0.1) is 0 Å². The van der Waals surface area contributed by atoms with E-state index < -0.39 is 24.5 Å². The lowest BCUT2D eigenvalue weighted by Crippen LogP contribution is -2.42. The first kappa shape index (κ1) is 14.2. The molecule has 20 heavy (non-hydrogen) atoms. The number of anilines is 1.